The first-order valence-electron chi connectivity index (χ1n) is 9.86. The number of nitrogens with zero attached hydrogens (tertiary/aromatic N) is 3. The lowest BCUT2D eigenvalue weighted by Gasteiger charge is -2.12. The summed E-state index contributed by atoms with van der Waals surface area (Å²) in [5.41, 5.74) is 3.25. The highest BCUT2D eigenvalue weighted by atomic mass is 79.9. The first-order valence-corrected chi connectivity index (χ1v) is 12.0. The Hall–Kier alpha value is -2.36. The molecule has 0 spiro atoms. The Morgan fingerprint density at radius 3 is 2.53 bits per heavy atom. The molecule has 0 saturated heterocycles. The average Bonchev–Trinajstić information content (AvgIpc) is 3.09. The van der Waals surface area contributed by atoms with Gasteiger partial charge in [0, 0.05) is 30.2 Å². The number of amides is 2. The van der Waals surface area contributed by atoms with Crippen molar-refractivity contribution in [2.24, 2.45) is 7.05 Å². The van der Waals surface area contributed by atoms with E-state index < -0.39 is 0 Å². The van der Waals surface area contributed by atoms with Crippen molar-refractivity contribution in [3.05, 3.63) is 68.4 Å². The number of aryl methyl sites for hydroxylation is 2. The number of halogens is 2. The summed E-state index contributed by atoms with van der Waals surface area (Å²) < 4.78 is 2.81. The summed E-state index contributed by atoms with van der Waals surface area (Å²) in [5.74, 6) is 0.582. The lowest BCUT2D eigenvalue weighted by atomic mass is 10.1. The third-order valence-electron chi connectivity index (χ3n) is 4.77. The number of hydrogen-bond acceptors (Lipinski definition) is 5. The van der Waals surface area contributed by atoms with E-state index in [1.54, 1.807) is 24.3 Å². The van der Waals surface area contributed by atoms with Gasteiger partial charge in [0.2, 0.25) is 5.91 Å². The maximum atomic E-state index is 12.4. The number of nitrogens with one attached hydrogen (secondary N) is 2. The van der Waals surface area contributed by atoms with Crippen LogP contribution in [0.4, 0.5) is 5.69 Å². The summed E-state index contributed by atoms with van der Waals surface area (Å²) in [6.45, 7) is 4.31. The van der Waals surface area contributed by atoms with Crippen LogP contribution in [-0.4, -0.2) is 38.9 Å². The molecule has 32 heavy (non-hydrogen) atoms. The van der Waals surface area contributed by atoms with Gasteiger partial charge in [0.15, 0.2) is 5.16 Å². The van der Waals surface area contributed by atoms with Crippen LogP contribution in [0.1, 0.15) is 27.3 Å². The van der Waals surface area contributed by atoms with Gasteiger partial charge in [0.05, 0.1) is 16.3 Å². The summed E-state index contributed by atoms with van der Waals surface area (Å²) in [6, 6.07) is 10.8. The van der Waals surface area contributed by atoms with Crippen LogP contribution in [0.2, 0.25) is 5.02 Å². The van der Waals surface area contributed by atoms with Crippen molar-refractivity contribution in [2.75, 3.05) is 17.6 Å². The highest BCUT2D eigenvalue weighted by molar-refractivity contribution is 9.10. The third-order valence-corrected chi connectivity index (χ3v) is 6.58. The number of anilines is 1. The van der Waals surface area contributed by atoms with Crippen molar-refractivity contribution in [3.8, 4) is 0 Å². The van der Waals surface area contributed by atoms with Gasteiger partial charge in [-0.1, -0.05) is 51.4 Å². The van der Waals surface area contributed by atoms with Crippen LogP contribution >= 0.6 is 39.3 Å². The van der Waals surface area contributed by atoms with E-state index in [1.165, 1.54) is 11.8 Å². The Balaban J connectivity index is 1.51. The Bertz CT molecular complexity index is 1130. The molecule has 0 unspecified atom stereocenters. The summed E-state index contributed by atoms with van der Waals surface area (Å²) >= 11 is 10.8. The lowest BCUT2D eigenvalue weighted by Crippen LogP contribution is -2.26. The summed E-state index contributed by atoms with van der Waals surface area (Å²) in [6.07, 6.45) is 0.504. The topological polar surface area (TPSA) is 88.9 Å². The maximum absolute atomic E-state index is 12.4. The molecule has 3 aromatic rings. The highest BCUT2D eigenvalue weighted by Crippen LogP contribution is 2.25. The third kappa shape index (κ3) is 6.11. The second-order valence-electron chi connectivity index (χ2n) is 7.20. The molecule has 0 atom stereocenters. The molecule has 0 aliphatic carbocycles. The molecule has 1 aromatic heterocycles. The molecule has 7 nitrogen and oxygen atoms in total. The number of thioether (sulfide) groups is 1. The van der Waals surface area contributed by atoms with E-state index in [2.05, 4.69) is 36.8 Å². The summed E-state index contributed by atoms with van der Waals surface area (Å²) in [4.78, 5) is 24.7. The molecule has 0 aliphatic heterocycles. The number of hydrogen-bond donors (Lipinski definition) is 2. The molecule has 1 heterocycles. The van der Waals surface area contributed by atoms with Crippen LogP contribution in [-0.2, 0) is 18.3 Å². The molecule has 0 radical (unpaired) electrons. The first-order chi connectivity index (χ1) is 15.3. The van der Waals surface area contributed by atoms with Gasteiger partial charge in [-0.05, 0) is 49.2 Å². The van der Waals surface area contributed by atoms with Crippen LogP contribution in [0, 0.1) is 13.8 Å². The number of aromatic nitrogens is 3. The normalized spacial score (nSPS) is 10.8. The van der Waals surface area contributed by atoms with Gasteiger partial charge in [-0.2, -0.15) is 0 Å². The largest absolute Gasteiger partial charge is 0.352 e. The van der Waals surface area contributed by atoms with Crippen molar-refractivity contribution >= 4 is 56.8 Å². The van der Waals surface area contributed by atoms with Crippen molar-refractivity contribution in [1.29, 1.82) is 0 Å². The fourth-order valence-corrected chi connectivity index (χ4v) is 4.77. The fourth-order valence-electron chi connectivity index (χ4n) is 3.13. The SMILES string of the molecule is Cc1cc(Br)cc(C)c1NC(=O)CSc1nnc(CCNC(=O)c2ccccc2Cl)n1C. The van der Waals surface area contributed by atoms with E-state index in [9.17, 15) is 9.59 Å². The standard InChI is InChI=1S/C22H23BrClN5O2S/c1-13-10-15(23)11-14(2)20(13)26-19(30)12-32-22-28-27-18(29(22)3)8-9-25-21(31)16-6-4-5-7-17(16)24/h4-7,10-11H,8-9,12H2,1-3H3,(H,25,31)(H,26,30). The van der Waals surface area contributed by atoms with E-state index in [1.807, 2.05) is 37.6 Å². The van der Waals surface area contributed by atoms with Crippen LogP contribution in [0.15, 0.2) is 46.0 Å². The Morgan fingerprint density at radius 1 is 1.16 bits per heavy atom. The highest BCUT2D eigenvalue weighted by Gasteiger charge is 2.14. The minimum atomic E-state index is -0.234. The molecular weight excluding hydrogens is 514 g/mol. The van der Waals surface area contributed by atoms with Crippen molar-refractivity contribution in [3.63, 3.8) is 0 Å². The fraction of sp³-hybridized carbons (Fsp3) is 0.273. The zero-order valence-electron chi connectivity index (χ0n) is 17.9. The van der Waals surface area contributed by atoms with E-state index in [0.717, 1.165) is 21.3 Å². The molecule has 10 heteroatoms. The quantitative estimate of drug-likeness (QED) is 0.412. The zero-order valence-corrected chi connectivity index (χ0v) is 21.1. The molecule has 0 fully saturated rings. The molecule has 2 amide bonds. The first kappa shape index (κ1) is 24.3. The predicted octanol–water partition coefficient (Wildman–Crippen LogP) is 4.55. The molecule has 0 saturated carbocycles. The van der Waals surface area contributed by atoms with E-state index in [0.29, 0.717) is 34.5 Å². The summed E-state index contributed by atoms with van der Waals surface area (Å²) in [7, 11) is 1.84. The average molecular weight is 537 g/mol. The van der Waals surface area contributed by atoms with E-state index >= 15 is 0 Å². The molecule has 0 bridgehead atoms. The number of carbonyl (C=O) groups is 2. The van der Waals surface area contributed by atoms with Crippen LogP contribution in [0.25, 0.3) is 0 Å². The Morgan fingerprint density at radius 2 is 1.84 bits per heavy atom. The second kappa shape index (κ2) is 11.0. The molecule has 3 rings (SSSR count). The van der Waals surface area contributed by atoms with Gasteiger partial charge >= 0.3 is 0 Å². The van der Waals surface area contributed by atoms with Crippen LogP contribution in [0.3, 0.4) is 0 Å². The molecule has 2 N–H and O–H groups in total. The number of rotatable bonds is 8. The zero-order chi connectivity index (χ0) is 23.3. The van der Waals surface area contributed by atoms with Crippen LogP contribution < -0.4 is 10.6 Å². The second-order valence-corrected chi connectivity index (χ2v) is 9.46. The maximum Gasteiger partial charge on any atom is 0.252 e. The van der Waals surface area contributed by atoms with Crippen molar-refractivity contribution in [1.82, 2.24) is 20.1 Å². The Labute approximate surface area is 204 Å². The monoisotopic (exact) mass is 535 g/mol. The van der Waals surface area contributed by atoms with E-state index in [-0.39, 0.29) is 17.6 Å². The molecule has 0 aliphatic rings. The molecule has 2 aromatic carbocycles. The van der Waals surface area contributed by atoms with Gasteiger partial charge in [0.25, 0.3) is 5.91 Å². The number of carbonyl (C=O) groups excluding carboxylic acids is 2. The van der Waals surface area contributed by atoms with Crippen molar-refractivity contribution < 1.29 is 9.59 Å². The van der Waals surface area contributed by atoms with Gasteiger partial charge in [-0.25, -0.2) is 0 Å². The summed E-state index contributed by atoms with van der Waals surface area (Å²) in [5, 5.41) is 15.2. The molecular formula is C22H23BrClN5O2S. The van der Waals surface area contributed by atoms with Gasteiger partial charge in [-0.15, -0.1) is 10.2 Å². The minimum absolute atomic E-state index is 0.111. The lowest BCUT2D eigenvalue weighted by molar-refractivity contribution is -0.113. The Kier molecular flexibility index (Phi) is 8.33. The van der Waals surface area contributed by atoms with Gasteiger partial charge in [-0.3, -0.25) is 9.59 Å². The van der Waals surface area contributed by atoms with E-state index in [4.69, 9.17) is 11.6 Å². The predicted molar refractivity (Wildman–Crippen MR) is 131 cm³/mol. The van der Waals surface area contributed by atoms with Crippen molar-refractivity contribution in [2.45, 2.75) is 25.4 Å². The molecule has 168 valence electrons. The van der Waals surface area contributed by atoms with Gasteiger partial charge in [0.1, 0.15) is 5.82 Å². The smallest absolute Gasteiger partial charge is 0.252 e. The number of benzene rings is 2. The van der Waals surface area contributed by atoms with Gasteiger partial charge < -0.3 is 15.2 Å². The minimum Gasteiger partial charge on any atom is -0.352 e. The van der Waals surface area contributed by atoms with Crippen LogP contribution in [0.5, 0.6) is 0 Å².